The monoisotopic (exact) mass is 269 g/mol. The van der Waals surface area contributed by atoms with E-state index in [2.05, 4.69) is 45.1 Å². The van der Waals surface area contributed by atoms with Crippen LogP contribution in [0.3, 0.4) is 0 Å². The molecule has 0 aliphatic carbocycles. The van der Waals surface area contributed by atoms with Crippen LogP contribution in [0.2, 0.25) is 0 Å². The average molecular weight is 269 g/mol. The number of ether oxygens (including phenoxy) is 1. The molecule has 0 bridgehead atoms. The maximum atomic E-state index is 5.56. The van der Waals surface area contributed by atoms with Gasteiger partial charge in [-0.05, 0) is 38.3 Å². The van der Waals surface area contributed by atoms with E-state index in [4.69, 9.17) is 4.74 Å². The van der Waals surface area contributed by atoms with E-state index in [0.717, 1.165) is 19.6 Å². The SMILES string of the molecule is CCOCC(NC(C)c1ccc(CC)s1)C(C)C. The van der Waals surface area contributed by atoms with Crippen molar-refractivity contribution in [2.45, 2.75) is 53.1 Å². The summed E-state index contributed by atoms with van der Waals surface area (Å²) in [5, 5.41) is 3.69. The number of thiophene rings is 1. The van der Waals surface area contributed by atoms with Crippen LogP contribution in [0.15, 0.2) is 12.1 Å². The Kier molecular flexibility index (Phi) is 6.90. The van der Waals surface area contributed by atoms with E-state index in [1.54, 1.807) is 0 Å². The summed E-state index contributed by atoms with van der Waals surface area (Å²) in [5.41, 5.74) is 0. The van der Waals surface area contributed by atoms with E-state index in [1.165, 1.54) is 9.75 Å². The zero-order valence-electron chi connectivity index (χ0n) is 12.3. The average Bonchev–Trinajstić information content (AvgIpc) is 2.82. The molecule has 0 aromatic carbocycles. The summed E-state index contributed by atoms with van der Waals surface area (Å²) < 4.78 is 5.56. The standard InChI is InChI=1S/C15H27NOS/c1-6-13-8-9-15(18-13)12(5)16-14(11(3)4)10-17-7-2/h8-9,11-12,14,16H,6-7,10H2,1-5H3. The molecule has 1 heterocycles. The molecule has 1 N–H and O–H groups in total. The highest BCUT2D eigenvalue weighted by Crippen LogP contribution is 2.24. The van der Waals surface area contributed by atoms with Crippen LogP contribution in [0.4, 0.5) is 0 Å². The highest BCUT2D eigenvalue weighted by Gasteiger charge is 2.17. The van der Waals surface area contributed by atoms with E-state index >= 15 is 0 Å². The molecule has 0 fully saturated rings. The first kappa shape index (κ1) is 15.7. The number of hydrogen-bond acceptors (Lipinski definition) is 3. The van der Waals surface area contributed by atoms with E-state index < -0.39 is 0 Å². The molecule has 18 heavy (non-hydrogen) atoms. The fourth-order valence-electron chi connectivity index (χ4n) is 1.90. The van der Waals surface area contributed by atoms with Gasteiger partial charge >= 0.3 is 0 Å². The van der Waals surface area contributed by atoms with Crippen molar-refractivity contribution < 1.29 is 4.74 Å². The molecule has 1 aromatic heterocycles. The first-order chi connectivity index (χ1) is 8.58. The molecular weight excluding hydrogens is 242 g/mol. The maximum Gasteiger partial charge on any atom is 0.0622 e. The summed E-state index contributed by atoms with van der Waals surface area (Å²) in [6, 6.07) is 5.32. The van der Waals surface area contributed by atoms with Gasteiger partial charge in [-0.3, -0.25) is 0 Å². The minimum absolute atomic E-state index is 0.406. The van der Waals surface area contributed by atoms with Gasteiger partial charge in [0.15, 0.2) is 0 Å². The molecule has 0 saturated carbocycles. The van der Waals surface area contributed by atoms with Crippen LogP contribution >= 0.6 is 11.3 Å². The van der Waals surface area contributed by atoms with Gasteiger partial charge in [0.2, 0.25) is 0 Å². The van der Waals surface area contributed by atoms with Crippen molar-refractivity contribution in [3.8, 4) is 0 Å². The number of rotatable bonds is 8. The van der Waals surface area contributed by atoms with E-state index in [1.807, 2.05) is 18.3 Å². The molecule has 0 saturated heterocycles. The van der Waals surface area contributed by atoms with Crippen LogP contribution < -0.4 is 5.32 Å². The van der Waals surface area contributed by atoms with Crippen molar-refractivity contribution in [1.82, 2.24) is 5.32 Å². The molecule has 0 aliphatic rings. The zero-order valence-corrected chi connectivity index (χ0v) is 13.1. The summed E-state index contributed by atoms with van der Waals surface area (Å²) in [4.78, 5) is 2.89. The molecule has 1 aromatic rings. The van der Waals surface area contributed by atoms with Crippen LogP contribution in [-0.2, 0) is 11.2 Å². The van der Waals surface area contributed by atoms with Crippen molar-refractivity contribution in [2.24, 2.45) is 5.92 Å². The Bertz CT molecular complexity index is 335. The molecule has 1 rings (SSSR count). The Balaban J connectivity index is 2.56. The molecule has 2 atom stereocenters. The number of aryl methyl sites for hydroxylation is 1. The van der Waals surface area contributed by atoms with Gasteiger partial charge in [0.05, 0.1) is 6.61 Å². The van der Waals surface area contributed by atoms with Crippen molar-refractivity contribution >= 4 is 11.3 Å². The van der Waals surface area contributed by atoms with Gasteiger partial charge in [0.1, 0.15) is 0 Å². The Morgan fingerprint density at radius 2 is 1.94 bits per heavy atom. The number of hydrogen-bond donors (Lipinski definition) is 1. The molecule has 0 amide bonds. The maximum absolute atomic E-state index is 5.56. The summed E-state index contributed by atoms with van der Waals surface area (Å²) in [5.74, 6) is 0.588. The minimum Gasteiger partial charge on any atom is -0.380 e. The topological polar surface area (TPSA) is 21.3 Å². The molecule has 0 radical (unpaired) electrons. The van der Waals surface area contributed by atoms with Crippen molar-refractivity contribution in [3.05, 3.63) is 21.9 Å². The van der Waals surface area contributed by atoms with Gasteiger partial charge in [0, 0.05) is 28.4 Å². The fourth-order valence-corrected chi connectivity index (χ4v) is 2.86. The van der Waals surface area contributed by atoms with Crippen LogP contribution in [0.1, 0.15) is 50.4 Å². The van der Waals surface area contributed by atoms with E-state index in [0.29, 0.717) is 18.0 Å². The predicted molar refractivity (Wildman–Crippen MR) is 80.4 cm³/mol. The molecule has 104 valence electrons. The minimum atomic E-state index is 0.406. The van der Waals surface area contributed by atoms with Gasteiger partial charge in [-0.1, -0.05) is 20.8 Å². The normalized spacial score (nSPS) is 15.0. The van der Waals surface area contributed by atoms with Crippen LogP contribution in [0.5, 0.6) is 0 Å². The Hall–Kier alpha value is -0.380. The first-order valence-electron chi connectivity index (χ1n) is 7.00. The van der Waals surface area contributed by atoms with Gasteiger partial charge in [-0.25, -0.2) is 0 Å². The summed E-state index contributed by atoms with van der Waals surface area (Å²) in [6.07, 6.45) is 1.13. The lowest BCUT2D eigenvalue weighted by Crippen LogP contribution is -2.39. The first-order valence-corrected chi connectivity index (χ1v) is 7.82. The third-order valence-electron chi connectivity index (χ3n) is 3.23. The third kappa shape index (κ3) is 4.71. The third-order valence-corrected chi connectivity index (χ3v) is 4.64. The Morgan fingerprint density at radius 1 is 1.22 bits per heavy atom. The van der Waals surface area contributed by atoms with Gasteiger partial charge in [0.25, 0.3) is 0 Å². The Morgan fingerprint density at radius 3 is 2.44 bits per heavy atom. The van der Waals surface area contributed by atoms with Gasteiger partial charge < -0.3 is 10.1 Å². The van der Waals surface area contributed by atoms with Crippen molar-refractivity contribution in [1.29, 1.82) is 0 Å². The molecule has 3 heteroatoms. The second kappa shape index (κ2) is 7.93. The molecule has 0 aliphatic heterocycles. The largest absolute Gasteiger partial charge is 0.380 e. The quantitative estimate of drug-likeness (QED) is 0.769. The zero-order chi connectivity index (χ0) is 13.5. The molecule has 2 nitrogen and oxygen atoms in total. The second-order valence-electron chi connectivity index (χ2n) is 5.06. The fraction of sp³-hybridized carbons (Fsp3) is 0.733. The van der Waals surface area contributed by atoms with Crippen LogP contribution in [0.25, 0.3) is 0 Å². The van der Waals surface area contributed by atoms with Crippen molar-refractivity contribution in [2.75, 3.05) is 13.2 Å². The lowest BCUT2D eigenvalue weighted by Gasteiger charge is -2.25. The molecular formula is C15H27NOS. The van der Waals surface area contributed by atoms with Crippen LogP contribution in [-0.4, -0.2) is 19.3 Å². The summed E-state index contributed by atoms with van der Waals surface area (Å²) in [6.45, 7) is 12.6. The second-order valence-corrected chi connectivity index (χ2v) is 6.26. The van der Waals surface area contributed by atoms with Crippen molar-refractivity contribution in [3.63, 3.8) is 0 Å². The van der Waals surface area contributed by atoms with E-state index in [9.17, 15) is 0 Å². The highest BCUT2D eigenvalue weighted by atomic mass is 32.1. The summed E-state index contributed by atoms with van der Waals surface area (Å²) >= 11 is 1.92. The number of nitrogens with one attached hydrogen (secondary N) is 1. The van der Waals surface area contributed by atoms with Gasteiger partial charge in [-0.2, -0.15) is 0 Å². The van der Waals surface area contributed by atoms with E-state index in [-0.39, 0.29) is 0 Å². The molecule has 0 spiro atoms. The van der Waals surface area contributed by atoms with Gasteiger partial charge in [-0.15, -0.1) is 11.3 Å². The lowest BCUT2D eigenvalue weighted by atomic mass is 10.0. The Labute approximate surface area is 116 Å². The lowest BCUT2D eigenvalue weighted by molar-refractivity contribution is 0.104. The molecule has 2 unspecified atom stereocenters. The summed E-state index contributed by atoms with van der Waals surface area (Å²) in [7, 11) is 0. The predicted octanol–water partition coefficient (Wildman–Crippen LogP) is 4.02. The van der Waals surface area contributed by atoms with Crippen LogP contribution in [0, 0.1) is 5.92 Å². The highest BCUT2D eigenvalue weighted by molar-refractivity contribution is 7.12. The smallest absolute Gasteiger partial charge is 0.0622 e.